The number of hydrogen-bond donors (Lipinski definition) is 1. The third-order valence-corrected chi connectivity index (χ3v) is 5.27. The summed E-state index contributed by atoms with van der Waals surface area (Å²) in [6.45, 7) is 5.46. The number of nitrogens with zero attached hydrogens (tertiary/aromatic N) is 2. The van der Waals surface area contributed by atoms with Gasteiger partial charge in [-0.1, -0.05) is 54.1 Å². The van der Waals surface area contributed by atoms with E-state index in [-0.39, 0.29) is 17.9 Å². The van der Waals surface area contributed by atoms with Crippen LogP contribution in [-0.4, -0.2) is 27.7 Å². The van der Waals surface area contributed by atoms with Crippen molar-refractivity contribution < 1.29 is 9.53 Å². The molecule has 0 saturated heterocycles. The van der Waals surface area contributed by atoms with Crippen molar-refractivity contribution in [3.63, 3.8) is 0 Å². The van der Waals surface area contributed by atoms with Gasteiger partial charge in [0.05, 0.1) is 0 Å². The summed E-state index contributed by atoms with van der Waals surface area (Å²) in [5, 5.41) is 11.5. The molecule has 0 aliphatic carbocycles. The van der Waals surface area contributed by atoms with Crippen molar-refractivity contribution in [2.24, 2.45) is 0 Å². The molecule has 0 bridgehead atoms. The molecule has 0 spiro atoms. The van der Waals surface area contributed by atoms with Crippen molar-refractivity contribution in [3.05, 3.63) is 89.1 Å². The normalized spacial score (nSPS) is 13.3. The van der Waals surface area contributed by atoms with Crippen LogP contribution in [0.3, 0.4) is 0 Å². The predicted octanol–water partition coefficient (Wildman–Crippen LogP) is 4.82. The Bertz CT molecular complexity index is 947. The topological polar surface area (TPSA) is 64.1 Å². The minimum Gasteiger partial charge on any atom is -0.460 e. The van der Waals surface area contributed by atoms with Gasteiger partial charge in [0.2, 0.25) is 5.88 Å². The van der Waals surface area contributed by atoms with E-state index in [2.05, 4.69) is 27.6 Å². The highest BCUT2D eigenvalue weighted by Gasteiger charge is 2.33. The summed E-state index contributed by atoms with van der Waals surface area (Å²) >= 11 is 6.03. The predicted molar refractivity (Wildman–Crippen MR) is 119 cm³/mol. The molecule has 0 aliphatic rings. The zero-order valence-corrected chi connectivity index (χ0v) is 18.1. The second kappa shape index (κ2) is 9.72. The summed E-state index contributed by atoms with van der Waals surface area (Å²) in [6.07, 6.45) is 2.33. The summed E-state index contributed by atoms with van der Waals surface area (Å²) in [5.41, 5.74) is 1.23. The van der Waals surface area contributed by atoms with E-state index in [4.69, 9.17) is 16.3 Å². The Balaban J connectivity index is 1.76. The summed E-state index contributed by atoms with van der Waals surface area (Å²) in [4.78, 5) is 13.0. The molecule has 2 atom stereocenters. The first-order chi connectivity index (χ1) is 14.3. The molecule has 1 unspecified atom stereocenters. The second-order valence-corrected chi connectivity index (χ2v) is 8.22. The first kappa shape index (κ1) is 21.8. The van der Waals surface area contributed by atoms with E-state index in [1.165, 1.54) is 0 Å². The van der Waals surface area contributed by atoms with Gasteiger partial charge in [-0.3, -0.25) is 4.79 Å². The zero-order chi connectivity index (χ0) is 21.6. The molecular weight excluding hydrogens is 398 g/mol. The molecule has 6 heteroatoms. The number of nitrogens with one attached hydrogen (secondary N) is 1. The number of halogens is 1. The van der Waals surface area contributed by atoms with E-state index in [1.807, 2.05) is 49.4 Å². The Morgan fingerprint density at radius 3 is 2.40 bits per heavy atom. The molecule has 0 fully saturated rings. The van der Waals surface area contributed by atoms with Gasteiger partial charge in [0, 0.05) is 29.2 Å². The smallest absolute Gasteiger partial charge is 0.263 e. The number of carbonyl (C=O) groups is 1. The highest BCUT2D eigenvalue weighted by atomic mass is 35.5. The Morgan fingerprint density at radius 2 is 1.77 bits per heavy atom. The maximum absolute atomic E-state index is 13.0. The lowest BCUT2D eigenvalue weighted by atomic mass is 9.86. The molecule has 1 heterocycles. The van der Waals surface area contributed by atoms with E-state index in [9.17, 15) is 4.79 Å². The fourth-order valence-electron chi connectivity index (χ4n) is 3.29. The maximum Gasteiger partial charge on any atom is 0.263 e. The van der Waals surface area contributed by atoms with Gasteiger partial charge in [-0.05, 0) is 56.5 Å². The average Bonchev–Trinajstić information content (AvgIpc) is 2.74. The van der Waals surface area contributed by atoms with Crippen LogP contribution >= 0.6 is 11.6 Å². The highest BCUT2D eigenvalue weighted by molar-refractivity contribution is 6.30. The van der Waals surface area contributed by atoms with E-state index in [0.29, 0.717) is 10.9 Å². The number of aromatic nitrogens is 2. The molecular formula is C24H26ClN3O2. The molecule has 3 rings (SSSR count). The van der Waals surface area contributed by atoms with Crippen molar-refractivity contribution in [2.75, 3.05) is 0 Å². The molecule has 1 amide bonds. The molecule has 1 aromatic heterocycles. The third kappa shape index (κ3) is 5.80. The molecule has 2 aromatic carbocycles. The average molecular weight is 424 g/mol. The number of ether oxygens (including phenoxy) is 1. The first-order valence-electron chi connectivity index (χ1n) is 9.92. The monoisotopic (exact) mass is 423 g/mol. The molecule has 0 radical (unpaired) electrons. The van der Waals surface area contributed by atoms with Crippen LogP contribution in [0.1, 0.15) is 37.8 Å². The van der Waals surface area contributed by atoms with E-state index >= 15 is 0 Å². The van der Waals surface area contributed by atoms with E-state index < -0.39 is 5.60 Å². The minimum atomic E-state index is -1.09. The maximum atomic E-state index is 13.0. The van der Waals surface area contributed by atoms with Crippen molar-refractivity contribution in [1.29, 1.82) is 0 Å². The summed E-state index contributed by atoms with van der Waals surface area (Å²) < 4.78 is 5.78. The second-order valence-electron chi connectivity index (χ2n) is 7.78. The van der Waals surface area contributed by atoms with Crippen molar-refractivity contribution in [2.45, 2.75) is 44.8 Å². The Hall–Kier alpha value is -2.92. The van der Waals surface area contributed by atoms with Gasteiger partial charge in [-0.2, -0.15) is 5.10 Å². The van der Waals surface area contributed by atoms with Crippen LogP contribution in [0.15, 0.2) is 72.9 Å². The van der Waals surface area contributed by atoms with Gasteiger partial charge < -0.3 is 10.1 Å². The van der Waals surface area contributed by atoms with Gasteiger partial charge in [-0.15, -0.1) is 5.10 Å². The standard InChI is InChI=1S/C24H26ClN3O2/c1-17(27-23(29)24(2,3)30-22-10-7-15-26-28-22)21(19-8-5-4-6-9-19)16-18-11-13-20(25)14-12-18/h4-15,17,21H,16H2,1-3H3,(H,27,29)/t17?,21-/m1/s1. The van der Waals surface area contributed by atoms with Crippen LogP contribution in [0, 0.1) is 0 Å². The van der Waals surface area contributed by atoms with Gasteiger partial charge in [0.1, 0.15) is 0 Å². The lowest BCUT2D eigenvalue weighted by Crippen LogP contribution is -2.51. The quantitative estimate of drug-likeness (QED) is 0.564. The largest absolute Gasteiger partial charge is 0.460 e. The number of rotatable bonds is 8. The number of carbonyl (C=O) groups excluding carboxylic acids is 1. The lowest BCUT2D eigenvalue weighted by Gasteiger charge is -2.30. The summed E-state index contributed by atoms with van der Waals surface area (Å²) in [6, 6.07) is 21.3. The van der Waals surface area contributed by atoms with Crippen molar-refractivity contribution in [3.8, 4) is 5.88 Å². The lowest BCUT2D eigenvalue weighted by molar-refractivity contribution is -0.135. The molecule has 0 aliphatic heterocycles. The van der Waals surface area contributed by atoms with Gasteiger partial charge in [0.15, 0.2) is 5.60 Å². The summed E-state index contributed by atoms with van der Waals surface area (Å²) in [7, 11) is 0. The Morgan fingerprint density at radius 1 is 1.07 bits per heavy atom. The van der Waals surface area contributed by atoms with Crippen LogP contribution in [0.2, 0.25) is 5.02 Å². The molecule has 3 aromatic rings. The highest BCUT2D eigenvalue weighted by Crippen LogP contribution is 2.26. The number of amides is 1. The fraction of sp³-hybridized carbons (Fsp3) is 0.292. The third-order valence-electron chi connectivity index (χ3n) is 5.01. The Kier molecular flexibility index (Phi) is 7.06. The van der Waals surface area contributed by atoms with Crippen LogP contribution in [0.25, 0.3) is 0 Å². The van der Waals surface area contributed by atoms with Crippen molar-refractivity contribution in [1.82, 2.24) is 15.5 Å². The van der Waals surface area contributed by atoms with Gasteiger partial charge in [0.25, 0.3) is 5.91 Å². The van der Waals surface area contributed by atoms with E-state index in [1.54, 1.807) is 32.2 Å². The molecule has 5 nitrogen and oxygen atoms in total. The van der Waals surface area contributed by atoms with Gasteiger partial charge in [-0.25, -0.2) is 0 Å². The molecule has 156 valence electrons. The van der Waals surface area contributed by atoms with Crippen molar-refractivity contribution >= 4 is 17.5 Å². The van der Waals surface area contributed by atoms with Crippen LogP contribution < -0.4 is 10.1 Å². The molecule has 30 heavy (non-hydrogen) atoms. The van der Waals surface area contributed by atoms with Crippen LogP contribution in [-0.2, 0) is 11.2 Å². The molecule has 1 N–H and O–H groups in total. The minimum absolute atomic E-state index is 0.0867. The molecule has 0 saturated carbocycles. The first-order valence-corrected chi connectivity index (χ1v) is 10.3. The zero-order valence-electron chi connectivity index (χ0n) is 17.4. The fourth-order valence-corrected chi connectivity index (χ4v) is 3.41. The SMILES string of the molecule is CC(NC(=O)C(C)(C)Oc1cccnn1)[C@@H](Cc1ccc(Cl)cc1)c1ccccc1. The number of hydrogen-bond acceptors (Lipinski definition) is 4. The van der Waals surface area contributed by atoms with Gasteiger partial charge >= 0.3 is 0 Å². The van der Waals surface area contributed by atoms with Crippen LogP contribution in [0.4, 0.5) is 0 Å². The van der Waals surface area contributed by atoms with Crippen LogP contribution in [0.5, 0.6) is 5.88 Å². The number of benzene rings is 2. The summed E-state index contributed by atoms with van der Waals surface area (Å²) in [5.74, 6) is 0.187. The Labute approximate surface area is 182 Å². The van der Waals surface area contributed by atoms with E-state index in [0.717, 1.165) is 17.5 Å².